The molecule has 9 aromatic rings. The minimum absolute atomic E-state index is 0.000939. The van der Waals surface area contributed by atoms with Gasteiger partial charge in [0.25, 0.3) is 17.1 Å². The van der Waals surface area contributed by atoms with Crippen LogP contribution in [0.3, 0.4) is 0 Å². The highest BCUT2D eigenvalue weighted by Crippen LogP contribution is 2.64. The molecule has 598 valence electrons. The summed E-state index contributed by atoms with van der Waals surface area (Å²) in [7, 11) is 0. The fourth-order valence-corrected chi connectivity index (χ4v) is 19.5. The Morgan fingerprint density at radius 3 is 0.950 bits per heavy atom. The number of hydrogen-bond acceptors (Lipinski definition) is 27. The number of esters is 8. The van der Waals surface area contributed by atoms with Gasteiger partial charge in [-0.25, -0.2) is 68.7 Å². The molecule has 24 nitrogen and oxygen atoms in total. The van der Waals surface area contributed by atoms with E-state index in [2.05, 4.69) is 27.7 Å². The zero-order valence-corrected chi connectivity index (χ0v) is 69.5. The minimum Gasteiger partial charge on any atom is -0.494 e. The van der Waals surface area contributed by atoms with Crippen molar-refractivity contribution in [3.05, 3.63) is 279 Å². The molecule has 9 aromatic carbocycles. The molecule has 3 heterocycles. The van der Waals surface area contributed by atoms with Gasteiger partial charge in [-0.05, 0) is 155 Å². The molecule has 0 saturated heterocycles. The van der Waals surface area contributed by atoms with Gasteiger partial charge in [-0.3, -0.25) is 0 Å². The molecule has 0 fully saturated rings. The number of nitrogens with zero attached hydrogens (tertiary/aromatic N) is 6. The zero-order chi connectivity index (χ0) is 85.7. The highest BCUT2D eigenvalue weighted by molar-refractivity contribution is 8.25. The molecule has 0 saturated carbocycles. The monoisotopic (exact) mass is 1710 g/mol. The van der Waals surface area contributed by atoms with Crippen molar-refractivity contribution in [2.24, 2.45) is 0 Å². The summed E-state index contributed by atoms with van der Waals surface area (Å²) >= 11 is 5.89. The Hall–Kier alpha value is -13.4. The lowest BCUT2D eigenvalue weighted by Gasteiger charge is -2.25. The van der Waals surface area contributed by atoms with Gasteiger partial charge in [-0.1, -0.05) is 174 Å². The topological polar surface area (TPSA) is 313 Å². The quantitative estimate of drug-likeness (QED) is 0.0121. The molecule has 0 unspecified atom stereocenters. The van der Waals surface area contributed by atoms with Gasteiger partial charge in [0, 0.05) is 23.3 Å². The molecule has 0 N–H and O–H groups in total. The van der Waals surface area contributed by atoms with Gasteiger partial charge in [0.05, 0.1) is 140 Å². The summed E-state index contributed by atoms with van der Waals surface area (Å²) in [6.07, 6.45) is 4.46. The Balaban J connectivity index is 0.787. The molecule has 0 aliphatic carbocycles. The van der Waals surface area contributed by atoms with Crippen molar-refractivity contribution in [2.75, 3.05) is 26.4 Å². The summed E-state index contributed by atoms with van der Waals surface area (Å²) in [5.74, 6) is -4.92. The van der Waals surface area contributed by atoms with E-state index in [9.17, 15) is 54.1 Å². The number of carbonyl (C=O) groups is 8. The second-order valence-electron chi connectivity index (χ2n) is 27.9. The number of benzene rings is 9. The van der Waals surface area contributed by atoms with Crippen LogP contribution >= 0.6 is 70.6 Å². The second kappa shape index (κ2) is 37.9. The number of thioether (sulfide) groups is 6. The molecule has 0 amide bonds. The van der Waals surface area contributed by atoms with E-state index in [4.69, 9.17) is 67.1 Å². The summed E-state index contributed by atoms with van der Waals surface area (Å²) in [6.45, 7) is 42.4. The van der Waals surface area contributed by atoms with Crippen molar-refractivity contribution in [1.82, 2.24) is 0 Å². The maximum absolute atomic E-state index is 14.9. The Bertz CT molecular complexity index is 5810. The summed E-state index contributed by atoms with van der Waals surface area (Å²) in [6, 6.07) is 42.9. The number of carbonyl (C=O) groups excluding carboxylic acids is 8. The molecule has 30 heteroatoms. The van der Waals surface area contributed by atoms with Crippen molar-refractivity contribution in [3.63, 3.8) is 0 Å². The minimum atomic E-state index is -0.899. The number of ether oxygens (including phenoxy) is 10. The Labute approximate surface area is 713 Å². The smallest absolute Gasteiger partial charge is 0.344 e. The van der Waals surface area contributed by atoms with Crippen LogP contribution in [0.25, 0.3) is 36.1 Å². The van der Waals surface area contributed by atoms with Crippen LogP contribution in [0, 0.1) is 53.7 Å². The van der Waals surface area contributed by atoms with Crippen LogP contribution in [-0.2, 0) is 29.9 Å². The van der Waals surface area contributed by atoms with Crippen molar-refractivity contribution in [3.8, 4) is 64.2 Å². The van der Waals surface area contributed by atoms with Gasteiger partial charge in [-0.2, -0.15) is 0 Å². The molecule has 0 radical (unpaired) electrons. The fraction of sp³-hybridized carbons (Fsp3) is 0.178. The van der Waals surface area contributed by atoms with E-state index in [-0.39, 0.29) is 142 Å². The summed E-state index contributed by atoms with van der Waals surface area (Å²) in [5, 5.41) is 31.3. The third-order valence-corrected chi connectivity index (χ3v) is 25.7. The predicted octanol–water partition coefficient (Wildman–Crippen LogP) is 21.1. The predicted molar refractivity (Wildman–Crippen MR) is 452 cm³/mol. The average Bonchev–Trinajstić information content (AvgIpc) is 1.50. The van der Waals surface area contributed by atoms with Crippen molar-refractivity contribution >= 4 is 140 Å². The van der Waals surface area contributed by atoms with Gasteiger partial charge in [0.1, 0.15) is 46.0 Å². The third kappa shape index (κ3) is 19.2. The Morgan fingerprint density at radius 2 is 0.658 bits per heavy atom. The first-order chi connectivity index (χ1) is 57.7. The zero-order valence-electron chi connectivity index (χ0n) is 64.6. The molecule has 3 aliphatic heterocycles. The first-order valence-corrected chi connectivity index (χ1v) is 41.2. The molecule has 12 rings (SSSR count). The van der Waals surface area contributed by atoms with E-state index in [1.165, 1.54) is 60.7 Å². The molecule has 3 aliphatic rings. The summed E-state index contributed by atoms with van der Waals surface area (Å²) in [4.78, 5) is 122. The number of unbranched alkanes of at least 4 members (excludes halogenated alkanes) is 2. The number of nitriles is 3. The average molecular weight is 1710 g/mol. The van der Waals surface area contributed by atoms with E-state index >= 15 is 0 Å². The van der Waals surface area contributed by atoms with Crippen LogP contribution < -0.4 is 37.9 Å². The summed E-state index contributed by atoms with van der Waals surface area (Å²) < 4.78 is 59.8. The first kappa shape index (κ1) is 86.0. The van der Waals surface area contributed by atoms with Crippen LogP contribution in [0.15, 0.2) is 230 Å². The molecule has 120 heavy (non-hydrogen) atoms. The second-order valence-corrected chi connectivity index (χ2v) is 34.8. The van der Waals surface area contributed by atoms with Gasteiger partial charge in [0.2, 0.25) is 0 Å². The molecular formula is C90H64N6O18S6. The van der Waals surface area contributed by atoms with Gasteiger partial charge in [0.15, 0.2) is 0 Å². The van der Waals surface area contributed by atoms with Gasteiger partial charge in [-0.15, -0.1) is 0 Å². The third-order valence-electron chi connectivity index (χ3n) is 17.9. The van der Waals surface area contributed by atoms with E-state index in [1.54, 1.807) is 84.9 Å². The van der Waals surface area contributed by atoms with Crippen LogP contribution in [0.2, 0.25) is 0 Å². The molecule has 0 bridgehead atoms. The fourth-order valence-electron chi connectivity index (χ4n) is 12.0. The SMILES string of the molecule is [C-]#[N+]C(C#N)=C1Sc2c(OC(=O)c3ccc(C(=O)Oc4c(C(C)(C)C)cc(OC(=O)c5ccc(OCCCCOC(=O)C=C)cc5)c5c4S/C(=C(/C#N)[N+]#[C-])S5)c4ccccc34)ccc(OC(=O)c3ccc(C(=O)Oc4c(C(C)(C)C)cc(OC(=O)c5ccc(OCCCCOC(=O)C=C)cc5)c5c4S/C(=C(\C#N)[N+]#[C-])S5)c4ccccc34)c2S1. The highest BCUT2D eigenvalue weighted by atomic mass is 32.2. The number of rotatable bonds is 26. The van der Waals surface area contributed by atoms with Crippen LogP contribution in [0.5, 0.6) is 46.0 Å². The van der Waals surface area contributed by atoms with E-state index in [1.807, 2.05) is 59.8 Å². The highest BCUT2D eigenvalue weighted by Gasteiger charge is 2.40. The van der Waals surface area contributed by atoms with E-state index < -0.39 is 58.6 Å². The lowest BCUT2D eigenvalue weighted by atomic mass is 9.86. The lowest BCUT2D eigenvalue weighted by Crippen LogP contribution is -2.19. The molecular weight excluding hydrogens is 1650 g/mol. The lowest BCUT2D eigenvalue weighted by molar-refractivity contribution is -0.138. The molecule has 0 spiro atoms. The van der Waals surface area contributed by atoms with Crippen LogP contribution in [0.1, 0.15) is 141 Å². The van der Waals surface area contributed by atoms with Crippen molar-refractivity contribution in [2.45, 2.75) is 107 Å². The number of allylic oxidation sites excluding steroid dienone is 3. The normalized spacial score (nSPS) is 13.6. The van der Waals surface area contributed by atoms with Crippen LogP contribution in [0.4, 0.5) is 0 Å². The molecule has 0 aromatic heterocycles. The van der Waals surface area contributed by atoms with E-state index in [0.29, 0.717) is 81.1 Å². The van der Waals surface area contributed by atoms with E-state index in [0.717, 1.165) is 82.7 Å². The Kier molecular flexibility index (Phi) is 27.1. The molecule has 0 atom stereocenters. The van der Waals surface area contributed by atoms with Crippen molar-refractivity contribution in [1.29, 1.82) is 15.8 Å². The van der Waals surface area contributed by atoms with Gasteiger partial charge < -0.3 is 47.4 Å². The van der Waals surface area contributed by atoms with Crippen molar-refractivity contribution < 1.29 is 85.7 Å². The van der Waals surface area contributed by atoms with Gasteiger partial charge >= 0.3 is 47.8 Å². The largest absolute Gasteiger partial charge is 0.494 e. The maximum Gasteiger partial charge on any atom is 0.344 e. The van der Waals surface area contributed by atoms with Crippen LogP contribution in [-0.4, -0.2) is 74.2 Å². The Morgan fingerprint density at radius 1 is 0.375 bits per heavy atom. The standard InChI is InChI=1S/C90H64N6O18S6/c1-12-70(97)107-42-20-18-40-105-51-30-26-49(27-31-51)80(99)111-68-44-61(89(3,4)5)72(78-76(68)117-87(119-78)64(47-92)95-10)113-84(103)59-36-34-57(53-22-14-16-24-55(53)59)82(101)109-66-38-39-67(75-74(66)115-86(116-75)63(46-91)94-9)110-83(102)58-35-37-60(56-25-17-15-23-54(56)58)85(104)114-73-62(90(6,7)8)45-69(77-79(73)120-88(118-77)65(48-93)96-11)112-81(100)50-28-32-52(33-29-50)106-41-19-21-43-108-71(98)13-2/h12-17,22-39,44-45H,1-2,18-21,40-43H2,3-8H3/b86-63?,87-64-,88-65+. The number of fused-ring (bicyclic) bond motifs is 5. The number of hydrogen-bond donors (Lipinski definition) is 0. The maximum atomic E-state index is 14.9. The summed E-state index contributed by atoms with van der Waals surface area (Å²) in [5.41, 5.74) is -1.21. The first-order valence-electron chi connectivity index (χ1n) is 36.3.